The molecule has 1 heterocycles. The second-order valence-corrected chi connectivity index (χ2v) is 10.7. The molecule has 0 aliphatic carbocycles. The summed E-state index contributed by atoms with van der Waals surface area (Å²) in [6.45, 7) is 10.4. The van der Waals surface area contributed by atoms with Gasteiger partial charge in [0.05, 0.1) is 5.57 Å². The van der Waals surface area contributed by atoms with Crippen LogP contribution in [0.25, 0.3) is 0 Å². The normalized spacial score (nSPS) is 16.3. The summed E-state index contributed by atoms with van der Waals surface area (Å²) in [7, 11) is 0. The number of nitrogens with one attached hydrogen (secondary N) is 1. The molecule has 1 amide bonds. The monoisotopic (exact) mass is 493 g/mol. The van der Waals surface area contributed by atoms with E-state index in [1.807, 2.05) is 69.3 Å². The van der Waals surface area contributed by atoms with E-state index in [0.717, 1.165) is 24.0 Å². The van der Waals surface area contributed by atoms with Crippen LogP contribution >= 0.6 is 0 Å². The molecule has 0 bridgehead atoms. The van der Waals surface area contributed by atoms with Crippen LogP contribution < -0.4 is 5.32 Å². The van der Waals surface area contributed by atoms with Gasteiger partial charge in [-0.25, -0.2) is 9.59 Å². The Morgan fingerprint density at radius 2 is 1.75 bits per heavy atom. The first-order chi connectivity index (χ1) is 17.1. The quantitative estimate of drug-likeness (QED) is 0.350. The zero-order valence-corrected chi connectivity index (χ0v) is 22.1. The van der Waals surface area contributed by atoms with Crippen LogP contribution in [0.2, 0.25) is 0 Å². The summed E-state index contributed by atoms with van der Waals surface area (Å²) in [6, 6.07) is 16.8. The number of aliphatic hydroxyl groups excluding tert-OH is 1. The average molecular weight is 494 g/mol. The number of aliphatic hydroxyl groups is 1. The average Bonchev–Trinajstić information content (AvgIpc) is 2.80. The summed E-state index contributed by atoms with van der Waals surface area (Å²) in [5.74, 6) is -0.775. The number of carbonyl (C=O) groups is 2. The lowest BCUT2D eigenvalue weighted by molar-refractivity contribution is -0.161. The van der Waals surface area contributed by atoms with Gasteiger partial charge in [-0.05, 0) is 41.5 Å². The van der Waals surface area contributed by atoms with Crippen molar-refractivity contribution in [1.29, 1.82) is 0 Å². The highest BCUT2D eigenvalue weighted by molar-refractivity contribution is 5.92. The number of hydrogen-bond donors (Lipinski definition) is 2. The molecule has 1 atom stereocenters. The van der Waals surface area contributed by atoms with Crippen molar-refractivity contribution in [1.82, 2.24) is 0 Å². The van der Waals surface area contributed by atoms with Crippen LogP contribution in [0.1, 0.15) is 83.8 Å². The highest BCUT2D eigenvalue weighted by Gasteiger charge is 2.45. The molecule has 0 fully saturated rings. The van der Waals surface area contributed by atoms with Crippen LogP contribution in [0.3, 0.4) is 0 Å². The van der Waals surface area contributed by atoms with E-state index in [1.165, 1.54) is 0 Å². The number of ether oxygens (including phenoxy) is 2. The first-order valence-electron chi connectivity index (χ1n) is 12.8. The van der Waals surface area contributed by atoms with E-state index in [-0.39, 0.29) is 12.4 Å². The van der Waals surface area contributed by atoms with Crippen molar-refractivity contribution in [3.05, 3.63) is 77.1 Å². The zero-order valence-electron chi connectivity index (χ0n) is 22.1. The summed E-state index contributed by atoms with van der Waals surface area (Å²) >= 11 is 0. The van der Waals surface area contributed by atoms with Gasteiger partial charge in [0, 0.05) is 18.0 Å². The molecular weight excluding hydrogens is 454 g/mol. The van der Waals surface area contributed by atoms with Crippen molar-refractivity contribution in [3.63, 3.8) is 0 Å². The Labute approximate surface area is 214 Å². The van der Waals surface area contributed by atoms with Crippen molar-refractivity contribution in [3.8, 4) is 0 Å². The van der Waals surface area contributed by atoms with E-state index >= 15 is 0 Å². The number of rotatable bonds is 9. The van der Waals surface area contributed by atoms with Gasteiger partial charge >= 0.3 is 12.1 Å². The highest BCUT2D eigenvalue weighted by Crippen LogP contribution is 2.47. The Morgan fingerprint density at radius 1 is 1.08 bits per heavy atom. The molecule has 36 heavy (non-hydrogen) atoms. The molecule has 1 unspecified atom stereocenters. The molecular formula is C30H39NO5. The fourth-order valence-corrected chi connectivity index (χ4v) is 5.18. The molecule has 0 spiro atoms. The molecule has 2 N–H and O–H groups in total. The Kier molecular flexibility index (Phi) is 8.83. The minimum absolute atomic E-state index is 0.105. The van der Waals surface area contributed by atoms with Crippen molar-refractivity contribution in [2.24, 2.45) is 5.41 Å². The lowest BCUT2D eigenvalue weighted by Gasteiger charge is -2.41. The highest BCUT2D eigenvalue weighted by atomic mass is 16.6. The van der Waals surface area contributed by atoms with Crippen LogP contribution in [0, 0.1) is 5.41 Å². The van der Waals surface area contributed by atoms with Crippen LogP contribution in [0.4, 0.5) is 10.5 Å². The number of hydrogen-bond acceptors (Lipinski definition) is 5. The summed E-state index contributed by atoms with van der Waals surface area (Å²) in [4.78, 5) is 25.8. The molecule has 2 aromatic carbocycles. The van der Waals surface area contributed by atoms with Gasteiger partial charge in [-0.15, -0.1) is 0 Å². The van der Waals surface area contributed by atoms with Crippen molar-refractivity contribution in [2.75, 3.05) is 5.32 Å². The van der Waals surface area contributed by atoms with Gasteiger partial charge in [0.15, 0.2) is 0 Å². The fraction of sp³-hybridized carbons (Fsp3) is 0.467. The number of anilines is 1. The molecule has 0 saturated heterocycles. The van der Waals surface area contributed by atoms with Gasteiger partial charge in [0.1, 0.15) is 18.0 Å². The maximum Gasteiger partial charge on any atom is 0.411 e. The van der Waals surface area contributed by atoms with Crippen molar-refractivity contribution >= 4 is 17.7 Å². The van der Waals surface area contributed by atoms with Crippen LogP contribution in [-0.4, -0.2) is 22.8 Å². The predicted octanol–water partition coefficient (Wildman–Crippen LogP) is 7.66. The number of amides is 1. The summed E-state index contributed by atoms with van der Waals surface area (Å²) < 4.78 is 11.4. The molecule has 0 radical (unpaired) electrons. The third-order valence-corrected chi connectivity index (χ3v) is 6.57. The molecule has 6 nitrogen and oxygen atoms in total. The maximum atomic E-state index is 13.4. The maximum absolute atomic E-state index is 13.4. The standard InChI is InChI=1S/C30H39NO5/c1-6-16-30(17-7-2)19-24(32)25(27(33)36-30)26(29(3,4)5)22-14-11-15-23(18-22)31-28(34)35-20-21-12-9-8-10-13-21/h8-15,18,26,32H,6-7,16-17,19-20H2,1-5H3,(H,31,34). The number of esters is 1. The number of cyclic esters (lactones) is 1. The van der Waals surface area contributed by atoms with Crippen LogP contribution in [0.15, 0.2) is 65.9 Å². The van der Waals surface area contributed by atoms with Gasteiger partial charge in [0.25, 0.3) is 0 Å². The van der Waals surface area contributed by atoms with Crippen LogP contribution in [0.5, 0.6) is 0 Å². The fourth-order valence-electron chi connectivity index (χ4n) is 5.18. The Morgan fingerprint density at radius 3 is 2.33 bits per heavy atom. The molecule has 0 aromatic heterocycles. The van der Waals surface area contributed by atoms with E-state index in [4.69, 9.17) is 9.47 Å². The number of carbonyl (C=O) groups excluding carboxylic acids is 2. The molecule has 1 aliphatic rings. The van der Waals surface area contributed by atoms with E-state index in [9.17, 15) is 14.7 Å². The molecule has 194 valence electrons. The minimum atomic E-state index is -0.650. The summed E-state index contributed by atoms with van der Waals surface area (Å²) in [5.41, 5.74) is 1.51. The van der Waals surface area contributed by atoms with E-state index in [0.29, 0.717) is 30.5 Å². The Bertz CT molecular complexity index is 1080. The van der Waals surface area contributed by atoms with Crippen LogP contribution in [-0.2, 0) is 20.9 Å². The molecule has 1 aliphatic heterocycles. The number of benzene rings is 2. The minimum Gasteiger partial charge on any atom is -0.512 e. The van der Waals surface area contributed by atoms with E-state index in [2.05, 4.69) is 19.2 Å². The third kappa shape index (κ3) is 6.68. The summed E-state index contributed by atoms with van der Waals surface area (Å²) in [6.07, 6.45) is 2.93. The zero-order chi connectivity index (χ0) is 26.3. The summed E-state index contributed by atoms with van der Waals surface area (Å²) in [5, 5.41) is 14.0. The van der Waals surface area contributed by atoms with Gasteiger partial charge < -0.3 is 14.6 Å². The van der Waals surface area contributed by atoms with Crippen molar-refractivity contribution < 1.29 is 24.2 Å². The predicted molar refractivity (Wildman–Crippen MR) is 142 cm³/mol. The topological polar surface area (TPSA) is 84.9 Å². The van der Waals surface area contributed by atoms with Gasteiger partial charge in [-0.3, -0.25) is 5.32 Å². The molecule has 0 saturated carbocycles. The SMILES string of the molecule is CCCC1(CCC)CC(O)=C(C(c2cccc(NC(=O)OCc3ccccc3)c2)C(C)(C)C)C(=O)O1. The largest absolute Gasteiger partial charge is 0.512 e. The van der Waals surface area contributed by atoms with Gasteiger partial charge in [-0.1, -0.05) is 89.9 Å². The lowest BCUT2D eigenvalue weighted by atomic mass is 9.70. The molecule has 2 aromatic rings. The lowest BCUT2D eigenvalue weighted by Crippen LogP contribution is -2.42. The van der Waals surface area contributed by atoms with Gasteiger partial charge in [-0.2, -0.15) is 0 Å². The first kappa shape index (κ1) is 27.3. The van der Waals surface area contributed by atoms with E-state index < -0.39 is 29.0 Å². The Balaban J connectivity index is 1.86. The van der Waals surface area contributed by atoms with Gasteiger partial charge in [0.2, 0.25) is 0 Å². The molecule has 6 heteroatoms. The van der Waals surface area contributed by atoms with E-state index in [1.54, 1.807) is 6.07 Å². The van der Waals surface area contributed by atoms with Crippen molar-refractivity contribution in [2.45, 2.75) is 84.8 Å². The second-order valence-electron chi connectivity index (χ2n) is 10.7. The Hall–Kier alpha value is -3.28. The molecule has 3 rings (SSSR count). The first-order valence-corrected chi connectivity index (χ1v) is 12.8. The second kappa shape index (κ2) is 11.6. The third-order valence-electron chi connectivity index (χ3n) is 6.57. The smallest absolute Gasteiger partial charge is 0.411 e.